The van der Waals surface area contributed by atoms with Crippen LogP contribution in [0.3, 0.4) is 0 Å². The molecule has 0 aliphatic heterocycles. The van der Waals surface area contributed by atoms with Crippen LogP contribution in [0.4, 0.5) is 0 Å². The van der Waals surface area contributed by atoms with Crippen molar-refractivity contribution in [2.24, 2.45) is 0 Å². The molecule has 0 aromatic heterocycles. The summed E-state index contributed by atoms with van der Waals surface area (Å²) in [6.07, 6.45) is -0.0232. The van der Waals surface area contributed by atoms with Crippen molar-refractivity contribution in [3.8, 4) is 0 Å². The number of carboxylic acid groups (broad SMARTS) is 1. The van der Waals surface area contributed by atoms with Gasteiger partial charge < -0.3 is 5.11 Å². The van der Waals surface area contributed by atoms with Gasteiger partial charge in [0.2, 0.25) is 10.0 Å². The van der Waals surface area contributed by atoms with Gasteiger partial charge in [-0.3, -0.25) is 4.79 Å². The van der Waals surface area contributed by atoms with Crippen molar-refractivity contribution in [3.05, 3.63) is 26.7 Å². The van der Waals surface area contributed by atoms with E-state index in [9.17, 15) is 13.2 Å². The van der Waals surface area contributed by atoms with Gasteiger partial charge in [0.25, 0.3) is 0 Å². The van der Waals surface area contributed by atoms with Gasteiger partial charge in [-0.15, -0.1) is 0 Å². The molecule has 0 saturated carbocycles. The predicted octanol–water partition coefficient (Wildman–Crippen LogP) is 3.68. The highest BCUT2D eigenvalue weighted by atomic mass is 79.9. The molecule has 0 fully saturated rings. The molecule has 1 rings (SSSR count). The highest BCUT2D eigenvalue weighted by Gasteiger charge is 2.30. The molecular weight excluding hydrogens is 405 g/mol. The number of nitrogens with one attached hydrogen (secondary N) is 1. The third-order valence-electron chi connectivity index (χ3n) is 2.61. The Morgan fingerprint density at radius 1 is 1.33 bits per heavy atom. The maximum atomic E-state index is 12.4. The Balaban J connectivity index is 3.10. The molecule has 1 aromatic rings. The first-order valence-electron chi connectivity index (χ1n) is 5.85. The standard InChI is InChI=1S/C12H14BrCl2NO4S/c1-12(2,4-3-10(17)18)16-21(19,20)11-8(14)5-7(13)6-9(11)15/h5-6,16H,3-4H2,1-2H3,(H,17,18). The molecule has 5 nitrogen and oxygen atoms in total. The third kappa shape index (κ3) is 5.41. The average Bonchev–Trinajstić information content (AvgIpc) is 2.22. The van der Waals surface area contributed by atoms with E-state index in [1.165, 1.54) is 12.1 Å². The van der Waals surface area contributed by atoms with Crippen LogP contribution in [0.5, 0.6) is 0 Å². The predicted molar refractivity (Wildman–Crippen MR) is 85.4 cm³/mol. The number of halogens is 3. The summed E-state index contributed by atoms with van der Waals surface area (Å²) in [6, 6.07) is 2.85. The normalized spacial score (nSPS) is 12.4. The summed E-state index contributed by atoms with van der Waals surface area (Å²) in [7, 11) is -3.97. The van der Waals surface area contributed by atoms with E-state index in [-0.39, 0.29) is 27.8 Å². The maximum absolute atomic E-state index is 12.4. The Morgan fingerprint density at radius 2 is 1.81 bits per heavy atom. The van der Waals surface area contributed by atoms with Gasteiger partial charge in [-0.1, -0.05) is 39.1 Å². The molecule has 0 radical (unpaired) electrons. The molecule has 0 bridgehead atoms. The number of rotatable bonds is 6. The fourth-order valence-electron chi connectivity index (χ4n) is 1.67. The van der Waals surface area contributed by atoms with Gasteiger partial charge >= 0.3 is 5.97 Å². The Labute approximate surface area is 141 Å². The van der Waals surface area contributed by atoms with Crippen LogP contribution in [0.25, 0.3) is 0 Å². The lowest BCUT2D eigenvalue weighted by Gasteiger charge is -2.25. The van der Waals surface area contributed by atoms with Crippen LogP contribution in [0.15, 0.2) is 21.5 Å². The van der Waals surface area contributed by atoms with Crippen molar-refractivity contribution in [1.29, 1.82) is 0 Å². The van der Waals surface area contributed by atoms with Crippen LogP contribution >= 0.6 is 39.1 Å². The van der Waals surface area contributed by atoms with Gasteiger partial charge in [-0.05, 0) is 32.4 Å². The first kappa shape index (κ1) is 18.7. The molecule has 118 valence electrons. The largest absolute Gasteiger partial charge is 0.481 e. The van der Waals surface area contributed by atoms with Gasteiger partial charge in [0.05, 0.1) is 10.0 Å². The second-order valence-electron chi connectivity index (χ2n) is 5.08. The number of carboxylic acids is 1. The molecule has 0 unspecified atom stereocenters. The van der Waals surface area contributed by atoms with E-state index in [1.54, 1.807) is 13.8 Å². The quantitative estimate of drug-likeness (QED) is 0.737. The minimum atomic E-state index is -3.97. The number of hydrogen-bond donors (Lipinski definition) is 2. The monoisotopic (exact) mass is 417 g/mol. The lowest BCUT2D eigenvalue weighted by atomic mass is 10.0. The molecule has 2 N–H and O–H groups in total. The highest BCUT2D eigenvalue weighted by Crippen LogP contribution is 2.33. The molecule has 0 saturated heterocycles. The van der Waals surface area contributed by atoms with E-state index in [2.05, 4.69) is 20.7 Å². The summed E-state index contributed by atoms with van der Waals surface area (Å²) < 4.78 is 27.8. The summed E-state index contributed by atoms with van der Waals surface area (Å²) in [5.74, 6) is -0.998. The van der Waals surface area contributed by atoms with E-state index in [0.29, 0.717) is 4.47 Å². The van der Waals surface area contributed by atoms with Crippen LogP contribution in [0.1, 0.15) is 26.7 Å². The highest BCUT2D eigenvalue weighted by molar-refractivity contribution is 9.10. The van der Waals surface area contributed by atoms with Gasteiger partial charge in [0.15, 0.2) is 0 Å². The molecule has 0 aliphatic carbocycles. The van der Waals surface area contributed by atoms with Gasteiger partial charge in [0, 0.05) is 16.4 Å². The number of hydrogen-bond acceptors (Lipinski definition) is 3. The lowest BCUT2D eigenvalue weighted by Crippen LogP contribution is -2.43. The fourth-order valence-corrected chi connectivity index (χ4v) is 5.05. The molecule has 9 heteroatoms. The average molecular weight is 419 g/mol. The van der Waals surface area contributed by atoms with Crippen LogP contribution in [-0.4, -0.2) is 25.0 Å². The number of benzene rings is 1. The fraction of sp³-hybridized carbons (Fsp3) is 0.417. The van der Waals surface area contributed by atoms with Crippen molar-refractivity contribution >= 4 is 55.1 Å². The molecule has 21 heavy (non-hydrogen) atoms. The van der Waals surface area contributed by atoms with Crippen LogP contribution < -0.4 is 4.72 Å². The lowest BCUT2D eigenvalue weighted by molar-refractivity contribution is -0.137. The van der Waals surface area contributed by atoms with E-state index >= 15 is 0 Å². The summed E-state index contributed by atoms with van der Waals surface area (Å²) in [6.45, 7) is 3.18. The van der Waals surface area contributed by atoms with E-state index in [0.717, 1.165) is 0 Å². The zero-order valence-corrected chi connectivity index (χ0v) is 15.2. The Hall–Kier alpha value is -0.340. The minimum absolute atomic E-state index is 0.0177. The second kappa shape index (κ2) is 6.83. The molecular formula is C12H14BrCl2NO4S. The van der Waals surface area contributed by atoms with Crippen molar-refractivity contribution in [2.45, 2.75) is 37.1 Å². The Morgan fingerprint density at radius 3 is 2.24 bits per heavy atom. The SMILES string of the molecule is CC(C)(CCC(=O)O)NS(=O)(=O)c1c(Cl)cc(Br)cc1Cl. The molecule has 0 aliphatic rings. The number of sulfonamides is 1. The van der Waals surface area contributed by atoms with Crippen molar-refractivity contribution < 1.29 is 18.3 Å². The number of aliphatic carboxylic acids is 1. The first-order chi connectivity index (χ1) is 9.44. The van der Waals surface area contributed by atoms with Crippen LogP contribution in [-0.2, 0) is 14.8 Å². The summed E-state index contributed by atoms with van der Waals surface area (Å²) in [4.78, 5) is 10.4. The summed E-state index contributed by atoms with van der Waals surface area (Å²) in [5, 5.41) is 8.65. The van der Waals surface area contributed by atoms with Crippen LogP contribution in [0, 0.1) is 0 Å². The Bertz CT molecular complexity index is 638. The first-order valence-corrected chi connectivity index (χ1v) is 8.88. The van der Waals surface area contributed by atoms with E-state index in [4.69, 9.17) is 28.3 Å². The van der Waals surface area contributed by atoms with Gasteiger partial charge in [-0.25, -0.2) is 13.1 Å². The number of carbonyl (C=O) groups is 1. The summed E-state index contributed by atoms with van der Waals surface area (Å²) >= 11 is 15.1. The zero-order chi connectivity index (χ0) is 16.4. The Kier molecular flexibility index (Phi) is 6.08. The molecule has 0 heterocycles. The molecule has 0 amide bonds. The summed E-state index contributed by atoms with van der Waals surface area (Å²) in [5.41, 5.74) is -0.947. The van der Waals surface area contributed by atoms with Crippen molar-refractivity contribution in [3.63, 3.8) is 0 Å². The van der Waals surface area contributed by atoms with E-state index in [1.807, 2.05) is 0 Å². The van der Waals surface area contributed by atoms with Crippen LogP contribution in [0.2, 0.25) is 10.0 Å². The molecule has 1 aromatic carbocycles. The topological polar surface area (TPSA) is 83.5 Å². The van der Waals surface area contributed by atoms with Crippen molar-refractivity contribution in [2.75, 3.05) is 0 Å². The molecule has 0 atom stereocenters. The third-order valence-corrected chi connectivity index (χ3v) is 5.68. The van der Waals surface area contributed by atoms with Gasteiger partial charge in [0.1, 0.15) is 4.90 Å². The van der Waals surface area contributed by atoms with Gasteiger partial charge in [-0.2, -0.15) is 0 Å². The molecule has 0 spiro atoms. The maximum Gasteiger partial charge on any atom is 0.303 e. The zero-order valence-electron chi connectivity index (χ0n) is 11.3. The smallest absolute Gasteiger partial charge is 0.303 e. The minimum Gasteiger partial charge on any atom is -0.481 e. The van der Waals surface area contributed by atoms with E-state index < -0.39 is 21.5 Å². The second-order valence-corrected chi connectivity index (χ2v) is 8.43. The van der Waals surface area contributed by atoms with Crippen molar-refractivity contribution in [1.82, 2.24) is 4.72 Å².